The highest BCUT2D eigenvalue weighted by atomic mass is 32.2. The molecule has 1 rings (SSSR count). The number of nitrogens with zero attached hydrogens (tertiary/aromatic N) is 1. The van der Waals surface area contributed by atoms with Crippen LogP contribution in [-0.4, -0.2) is 56.5 Å². The Hall–Kier alpha value is -2.00. The number of sulfonamides is 1. The van der Waals surface area contributed by atoms with Gasteiger partial charge in [-0.05, 0) is 31.4 Å². The minimum atomic E-state index is -3.25. The highest BCUT2D eigenvalue weighted by Crippen LogP contribution is 2.09. The molecular formula is C18H28FN3O4S. The third-order valence-electron chi connectivity index (χ3n) is 4.14. The van der Waals surface area contributed by atoms with E-state index in [4.69, 9.17) is 0 Å². The molecular weight excluding hydrogens is 373 g/mol. The molecule has 0 fully saturated rings. The van der Waals surface area contributed by atoms with Crippen LogP contribution >= 0.6 is 0 Å². The Bertz CT molecular complexity index is 753. The van der Waals surface area contributed by atoms with E-state index in [2.05, 4.69) is 10.6 Å². The zero-order valence-electron chi connectivity index (χ0n) is 16.2. The summed E-state index contributed by atoms with van der Waals surface area (Å²) in [5, 5.41) is 5.25. The fourth-order valence-corrected chi connectivity index (χ4v) is 3.23. The van der Waals surface area contributed by atoms with Gasteiger partial charge in [-0.1, -0.05) is 26.0 Å². The van der Waals surface area contributed by atoms with E-state index in [1.807, 2.05) is 0 Å². The van der Waals surface area contributed by atoms with Gasteiger partial charge in [0.1, 0.15) is 11.9 Å². The maximum atomic E-state index is 13.7. The van der Waals surface area contributed by atoms with Crippen LogP contribution in [0.25, 0.3) is 0 Å². The van der Waals surface area contributed by atoms with Crippen molar-refractivity contribution < 1.29 is 22.4 Å². The maximum Gasteiger partial charge on any atom is 0.254 e. The molecule has 0 aliphatic carbocycles. The molecule has 152 valence electrons. The number of hydrogen-bond acceptors (Lipinski definition) is 4. The van der Waals surface area contributed by atoms with Crippen LogP contribution in [0.2, 0.25) is 0 Å². The van der Waals surface area contributed by atoms with Crippen LogP contribution in [0, 0.1) is 11.7 Å². The fraction of sp³-hybridized carbons (Fsp3) is 0.556. The molecule has 0 heterocycles. The van der Waals surface area contributed by atoms with Crippen molar-refractivity contribution >= 4 is 21.8 Å². The van der Waals surface area contributed by atoms with Gasteiger partial charge in [-0.2, -0.15) is 0 Å². The first-order valence-electron chi connectivity index (χ1n) is 8.87. The summed E-state index contributed by atoms with van der Waals surface area (Å²) in [6.07, 6.45) is 0.438. The van der Waals surface area contributed by atoms with Crippen LogP contribution in [-0.2, 0) is 14.8 Å². The van der Waals surface area contributed by atoms with Gasteiger partial charge in [0.2, 0.25) is 15.9 Å². The number of rotatable bonds is 10. The van der Waals surface area contributed by atoms with Crippen LogP contribution in [0.4, 0.5) is 4.39 Å². The zero-order chi connectivity index (χ0) is 20.6. The van der Waals surface area contributed by atoms with Crippen molar-refractivity contribution in [2.45, 2.75) is 33.2 Å². The van der Waals surface area contributed by atoms with Crippen LogP contribution in [0.5, 0.6) is 0 Å². The molecule has 0 bridgehead atoms. The van der Waals surface area contributed by atoms with Crippen LogP contribution in [0.15, 0.2) is 24.3 Å². The van der Waals surface area contributed by atoms with Crippen LogP contribution < -0.4 is 10.6 Å². The number of benzene rings is 1. The van der Waals surface area contributed by atoms with E-state index in [1.54, 1.807) is 26.8 Å². The van der Waals surface area contributed by atoms with E-state index in [1.165, 1.54) is 29.6 Å². The summed E-state index contributed by atoms with van der Waals surface area (Å²) in [4.78, 5) is 24.6. The molecule has 2 N–H and O–H groups in total. The van der Waals surface area contributed by atoms with Crippen molar-refractivity contribution in [2.24, 2.45) is 5.92 Å². The Labute approximate surface area is 160 Å². The molecule has 0 saturated heterocycles. The lowest BCUT2D eigenvalue weighted by molar-refractivity contribution is -0.123. The predicted molar refractivity (Wildman–Crippen MR) is 102 cm³/mol. The van der Waals surface area contributed by atoms with Gasteiger partial charge in [0.25, 0.3) is 5.91 Å². The molecule has 0 aliphatic heterocycles. The Morgan fingerprint density at radius 3 is 2.41 bits per heavy atom. The first-order chi connectivity index (χ1) is 12.6. The summed E-state index contributed by atoms with van der Waals surface area (Å²) in [6.45, 7) is 5.66. The Morgan fingerprint density at radius 2 is 1.85 bits per heavy atom. The molecule has 2 amide bonds. The van der Waals surface area contributed by atoms with Gasteiger partial charge in [-0.3, -0.25) is 9.59 Å². The second-order valence-corrected chi connectivity index (χ2v) is 8.91. The Balaban J connectivity index is 2.59. The number of hydrogen-bond donors (Lipinski definition) is 2. The number of nitrogens with one attached hydrogen (secondary N) is 2. The Morgan fingerprint density at radius 1 is 1.22 bits per heavy atom. The molecule has 1 aromatic rings. The van der Waals surface area contributed by atoms with Gasteiger partial charge >= 0.3 is 0 Å². The Kier molecular flexibility index (Phi) is 8.84. The molecule has 0 aliphatic rings. The van der Waals surface area contributed by atoms with Crippen molar-refractivity contribution in [1.29, 1.82) is 0 Å². The van der Waals surface area contributed by atoms with Crippen molar-refractivity contribution in [2.75, 3.05) is 25.9 Å². The average molecular weight is 402 g/mol. The minimum absolute atomic E-state index is 0.0212. The van der Waals surface area contributed by atoms with E-state index in [0.717, 1.165) is 0 Å². The number of halogens is 1. The number of carbonyl (C=O) groups is 2. The molecule has 7 nitrogen and oxygen atoms in total. The molecule has 1 aromatic carbocycles. The second kappa shape index (κ2) is 10.4. The number of carbonyl (C=O) groups excluding carboxylic acids is 2. The van der Waals surface area contributed by atoms with Crippen LogP contribution in [0.3, 0.4) is 0 Å². The van der Waals surface area contributed by atoms with Crippen LogP contribution in [0.1, 0.15) is 37.6 Å². The smallest absolute Gasteiger partial charge is 0.254 e. The van der Waals surface area contributed by atoms with E-state index < -0.39 is 33.7 Å². The SMILES string of the molecule is CCS(=O)(=O)N(C)CCCNC(=O)C(NC(=O)c1ccccc1F)C(C)C. The first kappa shape index (κ1) is 23.0. The van der Waals surface area contributed by atoms with Crippen molar-refractivity contribution in [3.63, 3.8) is 0 Å². The zero-order valence-corrected chi connectivity index (χ0v) is 17.0. The van der Waals surface area contributed by atoms with Gasteiger partial charge in [0.15, 0.2) is 0 Å². The second-order valence-electron chi connectivity index (χ2n) is 6.54. The van der Waals surface area contributed by atoms with Gasteiger partial charge in [0, 0.05) is 20.1 Å². The van der Waals surface area contributed by atoms with Crippen molar-refractivity contribution in [1.82, 2.24) is 14.9 Å². The molecule has 0 saturated carbocycles. The third-order valence-corrected chi connectivity index (χ3v) is 6.00. The summed E-state index contributed by atoms with van der Waals surface area (Å²) in [5.74, 6) is -1.89. The number of amides is 2. The molecule has 9 heteroatoms. The normalized spacial score (nSPS) is 12.9. The first-order valence-corrected chi connectivity index (χ1v) is 10.5. The van der Waals surface area contributed by atoms with E-state index in [9.17, 15) is 22.4 Å². The summed E-state index contributed by atoms with van der Waals surface area (Å²) < 4.78 is 38.3. The van der Waals surface area contributed by atoms with Gasteiger partial charge in [-0.15, -0.1) is 0 Å². The monoisotopic (exact) mass is 401 g/mol. The van der Waals surface area contributed by atoms with E-state index in [0.29, 0.717) is 6.42 Å². The third kappa shape index (κ3) is 6.91. The standard InChI is InChI=1S/C18H28FN3O4S/c1-5-27(25,26)22(4)12-8-11-20-18(24)16(13(2)3)21-17(23)14-9-6-7-10-15(14)19/h6-7,9-10,13,16H,5,8,11-12H2,1-4H3,(H,20,24)(H,21,23). The molecule has 1 atom stereocenters. The van der Waals surface area contributed by atoms with Crippen molar-refractivity contribution in [3.8, 4) is 0 Å². The lowest BCUT2D eigenvalue weighted by Crippen LogP contribution is -2.50. The molecule has 0 aromatic heterocycles. The van der Waals surface area contributed by atoms with Gasteiger partial charge in [-0.25, -0.2) is 17.1 Å². The molecule has 1 unspecified atom stereocenters. The topological polar surface area (TPSA) is 95.6 Å². The highest BCUT2D eigenvalue weighted by Gasteiger charge is 2.25. The summed E-state index contributed by atoms with van der Waals surface area (Å²) in [6, 6.07) is 4.73. The van der Waals surface area contributed by atoms with Gasteiger partial charge in [0.05, 0.1) is 11.3 Å². The van der Waals surface area contributed by atoms with E-state index >= 15 is 0 Å². The molecule has 0 spiro atoms. The van der Waals surface area contributed by atoms with E-state index in [-0.39, 0.29) is 30.3 Å². The largest absolute Gasteiger partial charge is 0.354 e. The lowest BCUT2D eigenvalue weighted by atomic mass is 10.0. The quantitative estimate of drug-likeness (QED) is 0.579. The lowest BCUT2D eigenvalue weighted by Gasteiger charge is -2.22. The predicted octanol–water partition coefficient (Wildman–Crippen LogP) is 1.37. The fourth-order valence-electron chi connectivity index (χ4n) is 2.38. The summed E-state index contributed by atoms with van der Waals surface area (Å²) in [5.41, 5.74) is -0.123. The van der Waals surface area contributed by atoms with Gasteiger partial charge < -0.3 is 10.6 Å². The average Bonchev–Trinajstić information content (AvgIpc) is 2.62. The maximum absolute atomic E-state index is 13.7. The molecule has 27 heavy (non-hydrogen) atoms. The molecule has 0 radical (unpaired) electrons. The summed E-state index contributed by atoms with van der Waals surface area (Å²) >= 11 is 0. The van der Waals surface area contributed by atoms with Crippen molar-refractivity contribution in [3.05, 3.63) is 35.6 Å². The highest BCUT2D eigenvalue weighted by molar-refractivity contribution is 7.89. The summed E-state index contributed by atoms with van der Waals surface area (Å²) in [7, 11) is -1.76. The minimum Gasteiger partial charge on any atom is -0.354 e.